The molecule has 0 atom stereocenters. The summed E-state index contributed by atoms with van der Waals surface area (Å²) in [7, 11) is 1.59. The van der Waals surface area contributed by atoms with Crippen molar-refractivity contribution in [3.8, 4) is 17.3 Å². The van der Waals surface area contributed by atoms with Crippen molar-refractivity contribution in [2.45, 2.75) is 45.2 Å². The number of carbonyl (C=O) groups is 1. The van der Waals surface area contributed by atoms with E-state index in [9.17, 15) is 4.79 Å². The predicted octanol–water partition coefficient (Wildman–Crippen LogP) is 4.24. The maximum atomic E-state index is 13.4. The zero-order valence-electron chi connectivity index (χ0n) is 21.2. The third-order valence-corrected chi connectivity index (χ3v) is 7.27. The molecule has 9 heteroatoms. The van der Waals surface area contributed by atoms with E-state index in [4.69, 9.17) is 9.72 Å². The first-order valence-electron chi connectivity index (χ1n) is 12.5. The average molecular weight is 496 g/mol. The van der Waals surface area contributed by atoms with E-state index < -0.39 is 0 Å². The first kappa shape index (κ1) is 23.1. The second kappa shape index (κ2) is 8.99. The van der Waals surface area contributed by atoms with Crippen LogP contribution in [0.25, 0.3) is 11.5 Å². The van der Waals surface area contributed by atoms with Gasteiger partial charge in [-0.1, -0.05) is 12.1 Å². The summed E-state index contributed by atoms with van der Waals surface area (Å²) in [6.07, 6.45) is 4.56. The topological polar surface area (TPSA) is 98.1 Å². The number of amides is 1. The van der Waals surface area contributed by atoms with Crippen LogP contribution < -0.4 is 15.0 Å². The van der Waals surface area contributed by atoms with Gasteiger partial charge in [0.25, 0.3) is 5.91 Å². The van der Waals surface area contributed by atoms with Crippen LogP contribution in [0.3, 0.4) is 0 Å². The maximum Gasteiger partial charge on any atom is 0.260 e. The van der Waals surface area contributed by atoms with Gasteiger partial charge < -0.3 is 19.5 Å². The molecule has 2 aliphatic heterocycles. The van der Waals surface area contributed by atoms with Gasteiger partial charge in [0, 0.05) is 31.2 Å². The number of hydrogen-bond acceptors (Lipinski definition) is 7. The highest BCUT2D eigenvalue weighted by atomic mass is 16.5. The number of benzene rings is 1. The number of anilines is 2. The van der Waals surface area contributed by atoms with Crippen molar-refractivity contribution in [2.24, 2.45) is 0 Å². The van der Waals surface area contributed by atoms with Gasteiger partial charge in [0.2, 0.25) is 0 Å². The van der Waals surface area contributed by atoms with E-state index in [1.165, 1.54) is 5.56 Å². The molecule has 4 aromatic rings. The fraction of sp³-hybridized carbons (Fsp3) is 0.321. The molecule has 0 saturated carbocycles. The van der Waals surface area contributed by atoms with E-state index in [0.29, 0.717) is 29.4 Å². The molecule has 9 nitrogen and oxygen atoms in total. The van der Waals surface area contributed by atoms with E-state index in [1.807, 2.05) is 42.5 Å². The van der Waals surface area contributed by atoms with Crippen molar-refractivity contribution in [3.05, 3.63) is 77.2 Å². The highest BCUT2D eigenvalue weighted by molar-refractivity contribution is 6.06. The van der Waals surface area contributed by atoms with Gasteiger partial charge >= 0.3 is 0 Å². The zero-order valence-corrected chi connectivity index (χ0v) is 21.2. The van der Waals surface area contributed by atoms with E-state index in [1.54, 1.807) is 19.4 Å². The number of nitrogens with one attached hydrogen (secondary N) is 1. The van der Waals surface area contributed by atoms with Crippen molar-refractivity contribution in [3.63, 3.8) is 0 Å². The number of carbonyl (C=O) groups excluding carboxylic acids is 1. The first-order valence-corrected chi connectivity index (χ1v) is 12.5. The van der Waals surface area contributed by atoms with Crippen LogP contribution in [-0.2, 0) is 24.9 Å². The van der Waals surface area contributed by atoms with Gasteiger partial charge in [0.15, 0.2) is 5.82 Å². The van der Waals surface area contributed by atoms with Crippen LogP contribution in [0.15, 0.2) is 54.7 Å². The van der Waals surface area contributed by atoms with E-state index in [0.717, 1.165) is 48.8 Å². The molecule has 37 heavy (non-hydrogen) atoms. The Bertz CT molecular complexity index is 1480. The van der Waals surface area contributed by atoms with Gasteiger partial charge in [-0.15, -0.1) is 10.2 Å². The van der Waals surface area contributed by atoms with Crippen LogP contribution in [0.4, 0.5) is 11.6 Å². The molecule has 1 N–H and O–H groups in total. The summed E-state index contributed by atoms with van der Waals surface area (Å²) in [5, 5.41) is 11.7. The molecule has 0 aliphatic carbocycles. The molecule has 188 valence electrons. The highest BCUT2D eigenvalue weighted by Crippen LogP contribution is 2.35. The molecule has 0 spiro atoms. The van der Waals surface area contributed by atoms with Crippen LogP contribution in [0.2, 0.25) is 0 Å². The van der Waals surface area contributed by atoms with Gasteiger partial charge in [0.05, 0.1) is 12.7 Å². The molecular formula is C28H29N7O2. The SMILES string of the molecule is COc1cc2c(cc1C(=O)Nc1cccc(-c3nnc4n3C(C)(C)CC4)n1)CN(c1ccccn1)CC2. The number of pyridine rings is 2. The van der Waals surface area contributed by atoms with Gasteiger partial charge in [-0.2, -0.15) is 0 Å². The number of aromatic nitrogens is 5. The minimum Gasteiger partial charge on any atom is -0.496 e. The van der Waals surface area contributed by atoms with Gasteiger partial charge in [-0.05, 0) is 74.2 Å². The predicted molar refractivity (Wildman–Crippen MR) is 141 cm³/mol. The Balaban J connectivity index is 1.27. The Hall–Kier alpha value is -4.27. The van der Waals surface area contributed by atoms with E-state index >= 15 is 0 Å². The molecule has 0 saturated heterocycles. The number of nitrogens with zero attached hydrogens (tertiary/aromatic N) is 6. The minimum atomic E-state index is -0.272. The highest BCUT2D eigenvalue weighted by Gasteiger charge is 2.34. The summed E-state index contributed by atoms with van der Waals surface area (Å²) < 4.78 is 7.76. The van der Waals surface area contributed by atoms with Crippen molar-refractivity contribution in [1.82, 2.24) is 24.7 Å². The number of aryl methyl sites for hydroxylation is 1. The summed E-state index contributed by atoms with van der Waals surface area (Å²) in [5.74, 6) is 3.34. The van der Waals surface area contributed by atoms with Gasteiger partial charge in [-0.25, -0.2) is 9.97 Å². The van der Waals surface area contributed by atoms with Crippen molar-refractivity contribution in [1.29, 1.82) is 0 Å². The molecule has 1 amide bonds. The monoisotopic (exact) mass is 495 g/mol. The van der Waals surface area contributed by atoms with E-state index in [2.05, 4.69) is 43.8 Å². The molecule has 0 fully saturated rings. The van der Waals surface area contributed by atoms with Crippen LogP contribution in [-0.4, -0.2) is 44.3 Å². The summed E-state index contributed by atoms with van der Waals surface area (Å²) in [6, 6.07) is 15.4. The van der Waals surface area contributed by atoms with Crippen LogP contribution in [0.1, 0.15) is 47.6 Å². The van der Waals surface area contributed by atoms with Crippen molar-refractivity contribution < 1.29 is 9.53 Å². The normalized spacial score (nSPS) is 15.7. The lowest BCUT2D eigenvalue weighted by Crippen LogP contribution is -2.31. The molecule has 5 heterocycles. The molecule has 0 bridgehead atoms. The molecule has 6 rings (SSSR count). The molecule has 2 aliphatic rings. The number of rotatable bonds is 5. The number of fused-ring (bicyclic) bond motifs is 2. The Kier molecular flexibility index (Phi) is 5.62. The van der Waals surface area contributed by atoms with Crippen molar-refractivity contribution in [2.75, 3.05) is 23.9 Å². The second-order valence-electron chi connectivity index (χ2n) is 10.1. The quantitative estimate of drug-likeness (QED) is 0.442. The smallest absolute Gasteiger partial charge is 0.260 e. The third-order valence-electron chi connectivity index (χ3n) is 7.27. The van der Waals surface area contributed by atoms with Gasteiger partial charge in [-0.3, -0.25) is 4.79 Å². The molecule has 0 radical (unpaired) electrons. The zero-order chi connectivity index (χ0) is 25.6. The summed E-state index contributed by atoms with van der Waals surface area (Å²) in [4.78, 5) is 24.8. The molecule has 0 unspecified atom stereocenters. The Morgan fingerprint density at radius 3 is 2.76 bits per heavy atom. The standard InChI is InChI=1S/C28H29N7O2/c1-28(2)12-10-25-32-33-26(35(25)28)21-7-6-8-23(30-21)31-27(36)20-15-19-17-34(24-9-4-5-13-29-24)14-11-18(19)16-22(20)37-3/h4-9,13,15-16H,10-12,14,17H2,1-3H3,(H,30,31,36). The third kappa shape index (κ3) is 4.20. The first-order chi connectivity index (χ1) is 17.9. The number of hydrogen-bond donors (Lipinski definition) is 1. The maximum absolute atomic E-state index is 13.4. The second-order valence-corrected chi connectivity index (χ2v) is 10.1. The summed E-state index contributed by atoms with van der Waals surface area (Å²) in [6.45, 7) is 5.90. The van der Waals surface area contributed by atoms with Crippen LogP contribution in [0.5, 0.6) is 5.75 Å². The Morgan fingerprint density at radius 2 is 1.95 bits per heavy atom. The summed E-state index contributed by atoms with van der Waals surface area (Å²) >= 11 is 0. The van der Waals surface area contributed by atoms with Crippen LogP contribution >= 0.6 is 0 Å². The molecule has 3 aromatic heterocycles. The van der Waals surface area contributed by atoms with E-state index in [-0.39, 0.29) is 11.4 Å². The molecule has 1 aromatic carbocycles. The fourth-order valence-electron chi connectivity index (χ4n) is 5.29. The Morgan fingerprint density at radius 1 is 1.05 bits per heavy atom. The number of ether oxygens (including phenoxy) is 1. The Labute approximate surface area is 215 Å². The lowest BCUT2D eigenvalue weighted by molar-refractivity contribution is 0.102. The lowest BCUT2D eigenvalue weighted by Gasteiger charge is -2.30. The largest absolute Gasteiger partial charge is 0.496 e. The van der Waals surface area contributed by atoms with Crippen molar-refractivity contribution >= 4 is 17.5 Å². The van der Waals surface area contributed by atoms with Gasteiger partial charge in [0.1, 0.15) is 28.9 Å². The molecular weight excluding hydrogens is 466 g/mol. The lowest BCUT2D eigenvalue weighted by atomic mass is 9.96. The minimum absolute atomic E-state index is 0.0747. The van der Waals surface area contributed by atoms with Crippen LogP contribution in [0, 0.1) is 0 Å². The summed E-state index contributed by atoms with van der Waals surface area (Å²) in [5.41, 5.74) is 3.35. The number of methoxy groups -OCH3 is 1. The average Bonchev–Trinajstić information content (AvgIpc) is 3.49. The fourth-order valence-corrected chi connectivity index (χ4v) is 5.29.